The molecule has 0 aliphatic carbocycles. The molecular weight excluding hydrogens is 1690 g/mol. The lowest BCUT2D eigenvalue weighted by Gasteiger charge is -2.12. The first-order valence-electron chi connectivity index (χ1n) is 47.0. The molecule has 0 fully saturated rings. The lowest BCUT2D eigenvalue weighted by Crippen LogP contribution is -1.96. The van der Waals surface area contributed by atoms with Crippen molar-refractivity contribution in [2.45, 2.75) is 48.0 Å². The molecule has 660 valence electrons. The SMILES string of the molecule is CCc1ccc2ccc3c(-c4ccc(-c5cc(-c6ccccc6)nc(-c6ccc(-c7ccccc7)cc6)n5)cc4)cc(C)nc3c2n1.Cc1ccc2ccc3c(-c4ccc(-c5cc(-c6ccc(-c7ccccc7)cc6)nc(-c6ccccc6)n5)cc4)cc(C)nc3c2n1.Cc1ccc2ccc3c(-c4ccc(-c5nc(-c6ccccc6)cc(-c6ccc(-c7ccccc7)cc6)n5)cc4)cc(C)nc3c2n1. The number of rotatable bonds is 16. The summed E-state index contributed by atoms with van der Waals surface area (Å²) in [6.45, 7) is 12.3. The van der Waals surface area contributed by atoms with E-state index < -0.39 is 0 Å². The molecule has 9 aromatic heterocycles. The summed E-state index contributed by atoms with van der Waals surface area (Å²) >= 11 is 0. The van der Waals surface area contributed by atoms with E-state index in [0.717, 1.165) is 229 Å². The third-order valence-electron chi connectivity index (χ3n) is 25.6. The number of nitrogens with zero attached hydrogens (tertiary/aromatic N) is 12. The average Bonchev–Trinajstić information content (AvgIpc) is 0.758. The van der Waals surface area contributed by atoms with Gasteiger partial charge in [-0.25, -0.2) is 29.9 Å². The van der Waals surface area contributed by atoms with E-state index in [1.54, 1.807) is 0 Å². The molecule has 0 aliphatic heterocycles. The van der Waals surface area contributed by atoms with Crippen LogP contribution in [0.2, 0.25) is 0 Å². The Kier molecular flexibility index (Phi) is 23.7. The van der Waals surface area contributed by atoms with Gasteiger partial charge in [0, 0.05) is 117 Å². The minimum Gasteiger partial charge on any atom is -0.251 e. The van der Waals surface area contributed by atoms with E-state index in [1.807, 2.05) is 113 Å². The monoisotopic (exact) mass is 1780 g/mol. The number of fused-ring (bicyclic) bond motifs is 9. The van der Waals surface area contributed by atoms with Crippen LogP contribution in [0.1, 0.15) is 41.1 Å². The van der Waals surface area contributed by atoms with Gasteiger partial charge < -0.3 is 0 Å². The fourth-order valence-corrected chi connectivity index (χ4v) is 18.4. The summed E-state index contributed by atoms with van der Waals surface area (Å²) in [5, 5.41) is 6.59. The van der Waals surface area contributed by atoms with Crippen LogP contribution in [0, 0.1) is 34.6 Å². The first-order valence-corrected chi connectivity index (χ1v) is 47.0. The molecule has 0 saturated carbocycles. The van der Waals surface area contributed by atoms with Crippen molar-refractivity contribution in [1.29, 1.82) is 0 Å². The summed E-state index contributed by atoms with van der Waals surface area (Å²) < 4.78 is 0. The fraction of sp³-hybridized carbons (Fsp3) is 0.0551. The van der Waals surface area contributed by atoms with Crippen molar-refractivity contribution in [1.82, 2.24) is 59.8 Å². The molecule has 0 saturated heterocycles. The van der Waals surface area contributed by atoms with Crippen molar-refractivity contribution in [3.05, 3.63) is 471 Å². The van der Waals surface area contributed by atoms with Gasteiger partial charge in [-0.2, -0.15) is 0 Å². The molecule has 0 unspecified atom stereocenters. The van der Waals surface area contributed by atoms with Gasteiger partial charge in [-0.1, -0.05) is 389 Å². The third kappa shape index (κ3) is 18.3. The number of benzene rings is 15. The quantitative estimate of drug-likeness (QED) is 0.0846. The predicted octanol–water partition coefficient (Wildman–Crippen LogP) is 31.8. The summed E-state index contributed by atoms with van der Waals surface area (Å²) in [6.07, 6.45) is 0.891. The van der Waals surface area contributed by atoms with E-state index >= 15 is 0 Å². The molecule has 0 amide bonds. The Morgan fingerprint density at radius 3 is 0.633 bits per heavy atom. The van der Waals surface area contributed by atoms with Crippen molar-refractivity contribution in [3.63, 3.8) is 0 Å². The molecule has 12 heteroatoms. The van der Waals surface area contributed by atoms with Gasteiger partial charge in [0.1, 0.15) is 0 Å². The van der Waals surface area contributed by atoms with Crippen LogP contribution in [0.25, 0.3) is 234 Å². The number of aromatic nitrogens is 12. The minimum atomic E-state index is 0.691. The average molecular weight is 1790 g/mol. The second kappa shape index (κ2) is 38.2. The molecule has 12 nitrogen and oxygen atoms in total. The summed E-state index contributed by atoms with van der Waals surface area (Å²) in [4.78, 5) is 59.7. The maximum atomic E-state index is 5.09. The van der Waals surface area contributed by atoms with Crippen molar-refractivity contribution in [3.8, 4) is 168 Å². The molecule has 24 rings (SSSR count). The van der Waals surface area contributed by atoms with Crippen LogP contribution in [0.4, 0.5) is 0 Å². The molecule has 0 atom stereocenters. The van der Waals surface area contributed by atoms with Crippen LogP contribution in [0.3, 0.4) is 0 Å². The van der Waals surface area contributed by atoms with Crippen LogP contribution < -0.4 is 0 Å². The second-order valence-corrected chi connectivity index (χ2v) is 35.1. The van der Waals surface area contributed by atoms with Crippen LogP contribution in [0.5, 0.6) is 0 Å². The first kappa shape index (κ1) is 86.4. The lowest BCUT2D eigenvalue weighted by atomic mass is 9.97. The second-order valence-electron chi connectivity index (χ2n) is 35.1. The van der Waals surface area contributed by atoms with Crippen LogP contribution in [-0.2, 0) is 6.42 Å². The molecular formula is C127H92N12. The van der Waals surface area contributed by atoms with Gasteiger partial charge in [0.15, 0.2) is 17.5 Å². The van der Waals surface area contributed by atoms with E-state index in [4.69, 9.17) is 59.8 Å². The van der Waals surface area contributed by atoms with Gasteiger partial charge in [0.2, 0.25) is 0 Å². The van der Waals surface area contributed by atoms with Gasteiger partial charge in [-0.05, 0) is 162 Å². The number of hydrogen-bond donors (Lipinski definition) is 0. The zero-order valence-corrected chi connectivity index (χ0v) is 77.6. The van der Waals surface area contributed by atoms with Crippen molar-refractivity contribution in [2.24, 2.45) is 0 Å². The smallest absolute Gasteiger partial charge is 0.160 e. The van der Waals surface area contributed by atoms with Crippen molar-refractivity contribution < 1.29 is 0 Å². The van der Waals surface area contributed by atoms with E-state index in [9.17, 15) is 0 Å². The number of hydrogen-bond acceptors (Lipinski definition) is 12. The third-order valence-corrected chi connectivity index (χ3v) is 25.6. The maximum absolute atomic E-state index is 5.09. The van der Waals surface area contributed by atoms with Crippen LogP contribution in [-0.4, -0.2) is 59.8 Å². The van der Waals surface area contributed by atoms with Crippen molar-refractivity contribution in [2.75, 3.05) is 0 Å². The van der Waals surface area contributed by atoms with E-state index in [1.165, 1.54) is 27.8 Å². The van der Waals surface area contributed by atoms with E-state index in [2.05, 4.69) is 366 Å². The highest BCUT2D eigenvalue weighted by Gasteiger charge is 2.21. The molecule has 0 aliphatic rings. The van der Waals surface area contributed by atoms with E-state index in [0.29, 0.717) is 17.5 Å². The minimum absolute atomic E-state index is 0.691. The van der Waals surface area contributed by atoms with Crippen LogP contribution in [0.15, 0.2) is 437 Å². The predicted molar refractivity (Wildman–Crippen MR) is 573 cm³/mol. The first-order chi connectivity index (χ1) is 68.3. The highest BCUT2D eigenvalue weighted by molar-refractivity contribution is 6.11. The summed E-state index contributed by atoms with van der Waals surface area (Å²) in [6, 6.07) is 152. The molecule has 24 aromatic rings. The lowest BCUT2D eigenvalue weighted by molar-refractivity contribution is 1.06. The zero-order chi connectivity index (χ0) is 93.8. The van der Waals surface area contributed by atoms with Gasteiger partial charge in [0.25, 0.3) is 0 Å². The number of aryl methyl sites for hydroxylation is 6. The van der Waals surface area contributed by atoms with Gasteiger partial charge >= 0.3 is 0 Å². The molecule has 9 heterocycles. The molecule has 15 aromatic carbocycles. The molecule has 0 spiro atoms. The Balaban J connectivity index is 0.000000120. The Morgan fingerprint density at radius 1 is 0.151 bits per heavy atom. The van der Waals surface area contributed by atoms with Gasteiger partial charge in [-0.15, -0.1) is 0 Å². The highest BCUT2D eigenvalue weighted by Crippen LogP contribution is 2.42. The maximum Gasteiger partial charge on any atom is 0.160 e. The molecule has 0 radical (unpaired) electrons. The standard InChI is InChI=1S/C43H32N4.2C42H30N4/c1-3-36-24-22-34-23-25-37-38(26-28(2)44-42(37)41(34)45-36)31-16-18-33(19-17-31)40-27-39(32-12-8-5-9-13-32)46-43(47-40)35-20-14-30(15-21-35)29-10-6-4-7-11-29;1-27-13-14-34-23-24-36-37(25-28(2)44-41(36)40(34)43-27)31-17-21-33(22-18-31)39-26-38(45-42(46-39)35-11-7-4-8-12-35)32-19-15-30(16-20-32)29-9-5-3-6-10-29;1-27-13-14-34-23-24-36-37(25-28(2)44-41(36)40(34)43-27)31-17-21-35(22-18-31)42-45-38(32-11-7-4-8-12-32)26-39(46-42)33-19-15-30(16-20-33)29-9-5-3-6-10-29/h4-27H,3H2,1-2H3;2*3-26H,1-2H3. The Hall–Kier alpha value is -18.0. The Morgan fingerprint density at radius 2 is 0.353 bits per heavy atom. The zero-order valence-electron chi connectivity index (χ0n) is 77.6. The Bertz CT molecular complexity index is 8340. The fourth-order valence-electron chi connectivity index (χ4n) is 18.4. The summed E-state index contributed by atoms with van der Waals surface area (Å²) in [5.74, 6) is 2.10. The number of pyridine rings is 6. The normalized spacial score (nSPS) is 11.3. The van der Waals surface area contributed by atoms with Crippen LogP contribution >= 0.6 is 0 Å². The molecule has 139 heavy (non-hydrogen) atoms. The summed E-state index contributed by atoms with van der Waals surface area (Å²) in [5.41, 5.74) is 40.0. The molecule has 0 bridgehead atoms. The topological polar surface area (TPSA) is 155 Å². The van der Waals surface area contributed by atoms with E-state index in [-0.39, 0.29) is 0 Å². The Labute approximate surface area is 807 Å². The largest absolute Gasteiger partial charge is 0.251 e. The summed E-state index contributed by atoms with van der Waals surface area (Å²) in [7, 11) is 0. The van der Waals surface area contributed by atoms with Crippen molar-refractivity contribution >= 4 is 65.4 Å². The molecule has 0 N–H and O–H groups in total. The highest BCUT2D eigenvalue weighted by atomic mass is 14.9. The van der Waals surface area contributed by atoms with Gasteiger partial charge in [-0.3, -0.25) is 29.9 Å². The van der Waals surface area contributed by atoms with Gasteiger partial charge in [0.05, 0.1) is 67.3 Å².